The molecule has 0 amide bonds. The van der Waals surface area contributed by atoms with Crippen molar-refractivity contribution in [3.8, 4) is 11.5 Å². The van der Waals surface area contributed by atoms with Gasteiger partial charge in [-0.3, -0.25) is 0 Å². The first-order valence-electron chi connectivity index (χ1n) is 5.43. The summed E-state index contributed by atoms with van der Waals surface area (Å²) in [5, 5.41) is 0. The lowest BCUT2D eigenvalue weighted by Gasteiger charge is -2.13. The smallest absolute Gasteiger partial charge is 0.128 e. The van der Waals surface area contributed by atoms with Crippen LogP contribution >= 0.6 is 0 Å². The Morgan fingerprint density at radius 1 is 0.938 bits per heavy atom. The van der Waals surface area contributed by atoms with Crippen molar-refractivity contribution in [3.05, 3.63) is 23.3 Å². The summed E-state index contributed by atoms with van der Waals surface area (Å²) < 4.78 is 15.6. The molecule has 0 atom stereocenters. The fourth-order valence-electron chi connectivity index (χ4n) is 1.40. The minimum Gasteiger partial charge on any atom is -0.496 e. The molecule has 1 rings (SSSR count). The Bertz CT molecular complexity index is 283. The monoisotopic (exact) mass is 226 g/mol. The second-order valence-electron chi connectivity index (χ2n) is 3.08. The van der Waals surface area contributed by atoms with E-state index in [-0.39, 0.29) is 0 Å². The summed E-state index contributed by atoms with van der Waals surface area (Å²) in [5.41, 5.74) is 2.06. The summed E-state index contributed by atoms with van der Waals surface area (Å²) in [6.45, 7) is 6.49. The van der Waals surface area contributed by atoms with Crippen LogP contribution in [0.15, 0.2) is 12.1 Å². The maximum atomic E-state index is 5.26. The first kappa shape index (κ1) is 14.8. The molecule has 0 unspecified atom stereocenters. The zero-order chi connectivity index (χ0) is 12.6. The van der Waals surface area contributed by atoms with E-state index >= 15 is 0 Å². The molecular weight excluding hydrogens is 204 g/mol. The topological polar surface area (TPSA) is 27.7 Å². The third-order valence-electron chi connectivity index (χ3n) is 2.04. The Labute approximate surface area is 98.3 Å². The van der Waals surface area contributed by atoms with Crippen molar-refractivity contribution >= 4 is 0 Å². The minimum absolute atomic E-state index is 0.493. The van der Waals surface area contributed by atoms with Crippen LogP contribution in [0.1, 0.15) is 25.0 Å². The molecule has 1 aromatic carbocycles. The Morgan fingerprint density at radius 2 is 1.38 bits per heavy atom. The molecule has 3 heteroatoms. The molecule has 0 aromatic heterocycles. The van der Waals surface area contributed by atoms with E-state index in [0.29, 0.717) is 6.61 Å². The predicted molar refractivity (Wildman–Crippen MR) is 66.3 cm³/mol. The van der Waals surface area contributed by atoms with E-state index in [1.54, 1.807) is 21.3 Å². The van der Waals surface area contributed by atoms with Gasteiger partial charge in [0.1, 0.15) is 11.5 Å². The molecule has 0 bridgehead atoms. The Morgan fingerprint density at radius 3 is 1.69 bits per heavy atom. The van der Waals surface area contributed by atoms with Crippen molar-refractivity contribution in [2.75, 3.05) is 21.3 Å². The second kappa shape index (κ2) is 7.99. The zero-order valence-corrected chi connectivity index (χ0v) is 11.1. The van der Waals surface area contributed by atoms with Crippen LogP contribution < -0.4 is 9.47 Å². The Hall–Kier alpha value is -1.22. The lowest BCUT2D eigenvalue weighted by Crippen LogP contribution is -1.99. The number of methoxy groups -OCH3 is 3. The minimum atomic E-state index is 0.493. The molecule has 0 radical (unpaired) electrons. The average Bonchev–Trinajstić information content (AvgIpc) is 2.33. The van der Waals surface area contributed by atoms with Gasteiger partial charge in [0, 0.05) is 7.11 Å². The Kier molecular flexibility index (Phi) is 7.38. The van der Waals surface area contributed by atoms with Gasteiger partial charge in [-0.05, 0) is 24.6 Å². The second-order valence-corrected chi connectivity index (χ2v) is 3.08. The van der Waals surface area contributed by atoms with Crippen LogP contribution in [0.5, 0.6) is 11.5 Å². The first-order valence-corrected chi connectivity index (χ1v) is 5.43. The maximum absolute atomic E-state index is 5.26. The van der Waals surface area contributed by atoms with Crippen LogP contribution in [0.25, 0.3) is 0 Å². The van der Waals surface area contributed by atoms with E-state index in [0.717, 1.165) is 22.6 Å². The van der Waals surface area contributed by atoms with E-state index < -0.39 is 0 Å². The third kappa shape index (κ3) is 3.74. The van der Waals surface area contributed by atoms with Gasteiger partial charge in [-0.25, -0.2) is 0 Å². The summed E-state index contributed by atoms with van der Waals surface area (Å²) in [4.78, 5) is 0. The molecule has 0 saturated carbocycles. The molecule has 0 heterocycles. The average molecular weight is 226 g/mol. The van der Waals surface area contributed by atoms with Crippen molar-refractivity contribution in [1.29, 1.82) is 0 Å². The largest absolute Gasteiger partial charge is 0.496 e. The van der Waals surface area contributed by atoms with E-state index in [9.17, 15) is 0 Å². The first-order chi connectivity index (χ1) is 7.72. The van der Waals surface area contributed by atoms with Crippen LogP contribution in [-0.2, 0) is 11.3 Å². The van der Waals surface area contributed by atoms with E-state index in [1.807, 2.05) is 32.9 Å². The van der Waals surface area contributed by atoms with Crippen LogP contribution in [0.3, 0.4) is 0 Å². The van der Waals surface area contributed by atoms with Crippen LogP contribution in [0.2, 0.25) is 0 Å². The zero-order valence-electron chi connectivity index (χ0n) is 11.1. The van der Waals surface area contributed by atoms with Crippen molar-refractivity contribution in [2.45, 2.75) is 27.4 Å². The molecule has 1 aromatic rings. The fourth-order valence-corrected chi connectivity index (χ4v) is 1.40. The maximum Gasteiger partial charge on any atom is 0.128 e. The van der Waals surface area contributed by atoms with Crippen molar-refractivity contribution in [1.82, 2.24) is 0 Å². The van der Waals surface area contributed by atoms with Crippen LogP contribution in [0.4, 0.5) is 0 Å². The highest BCUT2D eigenvalue weighted by atomic mass is 16.5. The molecule has 16 heavy (non-hydrogen) atoms. The molecular formula is C13H22O3. The van der Waals surface area contributed by atoms with Gasteiger partial charge in [-0.1, -0.05) is 13.8 Å². The van der Waals surface area contributed by atoms with Crippen LogP contribution in [0, 0.1) is 6.92 Å². The molecule has 0 spiro atoms. The van der Waals surface area contributed by atoms with Crippen molar-refractivity contribution in [3.63, 3.8) is 0 Å². The third-order valence-corrected chi connectivity index (χ3v) is 2.04. The summed E-state index contributed by atoms with van der Waals surface area (Å²) in [6, 6.07) is 3.94. The number of hydrogen-bond acceptors (Lipinski definition) is 3. The highest BCUT2D eigenvalue weighted by molar-refractivity contribution is 5.47. The highest BCUT2D eigenvalue weighted by Gasteiger charge is 2.10. The number of aryl methyl sites for hydroxylation is 1. The molecule has 0 aliphatic rings. The van der Waals surface area contributed by atoms with Gasteiger partial charge < -0.3 is 14.2 Å². The molecule has 0 N–H and O–H groups in total. The Balaban J connectivity index is 0.00000106. The van der Waals surface area contributed by atoms with Gasteiger partial charge in [0.15, 0.2) is 0 Å². The van der Waals surface area contributed by atoms with Crippen LogP contribution in [-0.4, -0.2) is 21.3 Å². The molecule has 0 aliphatic heterocycles. The molecule has 92 valence electrons. The number of rotatable bonds is 4. The lowest BCUT2D eigenvalue weighted by molar-refractivity contribution is 0.178. The van der Waals surface area contributed by atoms with Gasteiger partial charge >= 0.3 is 0 Å². The van der Waals surface area contributed by atoms with Gasteiger partial charge in [0.25, 0.3) is 0 Å². The van der Waals surface area contributed by atoms with Gasteiger partial charge in [-0.2, -0.15) is 0 Å². The normalized spacial score (nSPS) is 9.12. The molecule has 0 aliphatic carbocycles. The van der Waals surface area contributed by atoms with E-state index in [4.69, 9.17) is 14.2 Å². The molecule has 3 nitrogen and oxygen atoms in total. The summed E-state index contributed by atoms with van der Waals surface area (Å²) in [7, 11) is 4.94. The van der Waals surface area contributed by atoms with Gasteiger partial charge in [-0.15, -0.1) is 0 Å². The highest BCUT2D eigenvalue weighted by Crippen LogP contribution is 2.30. The molecule has 0 saturated heterocycles. The van der Waals surface area contributed by atoms with Crippen molar-refractivity contribution < 1.29 is 14.2 Å². The predicted octanol–water partition coefficient (Wildman–Crippen LogP) is 3.18. The summed E-state index contributed by atoms with van der Waals surface area (Å²) >= 11 is 0. The molecule has 0 fully saturated rings. The summed E-state index contributed by atoms with van der Waals surface area (Å²) in [5.74, 6) is 1.62. The number of ether oxygens (including phenoxy) is 3. The SMILES string of the molecule is CC.COCc1c(OC)cc(C)cc1OC. The van der Waals surface area contributed by atoms with Gasteiger partial charge in [0.2, 0.25) is 0 Å². The standard InChI is InChI=1S/C11H16O3.C2H6/c1-8-5-10(13-3)9(7-12-2)11(6-8)14-4;1-2/h5-6H,7H2,1-4H3;1-2H3. The van der Waals surface area contributed by atoms with Crippen molar-refractivity contribution in [2.24, 2.45) is 0 Å². The number of benzene rings is 1. The number of hydrogen-bond donors (Lipinski definition) is 0. The van der Waals surface area contributed by atoms with E-state index in [1.165, 1.54) is 0 Å². The fraction of sp³-hybridized carbons (Fsp3) is 0.538. The summed E-state index contributed by atoms with van der Waals surface area (Å²) in [6.07, 6.45) is 0. The van der Waals surface area contributed by atoms with Gasteiger partial charge in [0.05, 0.1) is 26.4 Å². The van der Waals surface area contributed by atoms with E-state index in [2.05, 4.69) is 0 Å². The lowest BCUT2D eigenvalue weighted by atomic mass is 10.1. The quantitative estimate of drug-likeness (QED) is 0.789.